The molecular formula is C15H14N4O. The topological polar surface area (TPSA) is 61.9 Å². The van der Waals surface area contributed by atoms with Gasteiger partial charge in [0.2, 0.25) is 0 Å². The molecule has 2 aromatic heterocycles. The highest BCUT2D eigenvalue weighted by Gasteiger charge is 2.13. The van der Waals surface area contributed by atoms with Crippen molar-refractivity contribution < 1.29 is 4.79 Å². The first-order valence-corrected chi connectivity index (χ1v) is 6.33. The van der Waals surface area contributed by atoms with Crippen LogP contribution in [-0.4, -0.2) is 32.8 Å². The van der Waals surface area contributed by atoms with Gasteiger partial charge in [-0.05, 0) is 24.3 Å². The highest BCUT2D eigenvalue weighted by Crippen LogP contribution is 2.12. The van der Waals surface area contributed by atoms with Gasteiger partial charge in [-0.2, -0.15) is 0 Å². The Bertz CT molecular complexity index is 703. The number of aromatic nitrogens is 3. The summed E-state index contributed by atoms with van der Waals surface area (Å²) in [5, 5.41) is 0. The van der Waals surface area contributed by atoms with Gasteiger partial charge in [-0.25, -0.2) is 4.98 Å². The summed E-state index contributed by atoms with van der Waals surface area (Å²) in [6, 6.07) is 11.2. The molecular weight excluding hydrogens is 252 g/mol. The first kappa shape index (κ1) is 12.3. The molecule has 20 heavy (non-hydrogen) atoms. The lowest BCUT2D eigenvalue weighted by Gasteiger charge is -2.15. The molecule has 100 valence electrons. The summed E-state index contributed by atoms with van der Waals surface area (Å²) in [7, 11) is 1.76. The van der Waals surface area contributed by atoms with E-state index in [1.807, 2.05) is 24.3 Å². The van der Waals surface area contributed by atoms with Gasteiger partial charge in [0.25, 0.3) is 5.91 Å². The Morgan fingerprint density at radius 2 is 1.95 bits per heavy atom. The molecule has 0 unspecified atom stereocenters. The third kappa shape index (κ3) is 2.38. The number of carbonyl (C=O) groups is 1. The quantitative estimate of drug-likeness (QED) is 0.790. The largest absolute Gasteiger partial charge is 0.340 e. The van der Waals surface area contributed by atoms with E-state index in [9.17, 15) is 4.79 Å². The van der Waals surface area contributed by atoms with Crippen molar-refractivity contribution in [2.24, 2.45) is 0 Å². The van der Waals surface area contributed by atoms with Crippen molar-refractivity contribution in [3.8, 4) is 0 Å². The van der Waals surface area contributed by atoms with E-state index in [0.717, 1.165) is 16.9 Å². The zero-order valence-corrected chi connectivity index (χ0v) is 11.1. The third-order valence-electron chi connectivity index (χ3n) is 3.10. The van der Waals surface area contributed by atoms with E-state index in [4.69, 9.17) is 0 Å². The number of hydrogen-bond donors (Lipinski definition) is 1. The Hall–Kier alpha value is -2.69. The third-order valence-corrected chi connectivity index (χ3v) is 3.10. The maximum absolute atomic E-state index is 12.2. The number of hydrogen-bond acceptors (Lipinski definition) is 3. The van der Waals surface area contributed by atoms with Gasteiger partial charge in [-0.15, -0.1) is 0 Å². The molecule has 1 aromatic carbocycles. The SMILES string of the molecule is CN(Cc1nc2ccccc2[nH]1)C(=O)c1ccncc1. The van der Waals surface area contributed by atoms with Crippen molar-refractivity contribution in [3.63, 3.8) is 0 Å². The maximum atomic E-state index is 12.2. The van der Waals surface area contributed by atoms with Crippen LogP contribution in [0.15, 0.2) is 48.8 Å². The summed E-state index contributed by atoms with van der Waals surface area (Å²) < 4.78 is 0. The molecule has 0 aliphatic carbocycles. The van der Waals surface area contributed by atoms with Gasteiger partial charge in [-0.1, -0.05) is 12.1 Å². The lowest BCUT2D eigenvalue weighted by Crippen LogP contribution is -2.26. The van der Waals surface area contributed by atoms with Gasteiger partial charge < -0.3 is 9.88 Å². The molecule has 0 fully saturated rings. The molecule has 3 rings (SSSR count). The van der Waals surface area contributed by atoms with Crippen LogP contribution in [0.2, 0.25) is 0 Å². The number of carbonyl (C=O) groups excluding carboxylic acids is 1. The van der Waals surface area contributed by atoms with Crippen molar-refractivity contribution in [3.05, 3.63) is 60.2 Å². The number of para-hydroxylation sites is 2. The number of amides is 1. The van der Waals surface area contributed by atoms with E-state index in [1.54, 1.807) is 36.5 Å². The molecule has 0 saturated carbocycles. The first-order valence-electron chi connectivity index (χ1n) is 6.33. The van der Waals surface area contributed by atoms with Crippen LogP contribution in [-0.2, 0) is 6.54 Å². The zero-order chi connectivity index (χ0) is 13.9. The number of nitrogens with zero attached hydrogens (tertiary/aromatic N) is 3. The molecule has 0 bridgehead atoms. The Balaban J connectivity index is 1.78. The highest BCUT2D eigenvalue weighted by atomic mass is 16.2. The second-order valence-corrected chi connectivity index (χ2v) is 4.60. The Morgan fingerprint density at radius 1 is 1.20 bits per heavy atom. The molecule has 2 heterocycles. The second kappa shape index (κ2) is 5.13. The van der Waals surface area contributed by atoms with E-state index in [1.165, 1.54) is 0 Å². The zero-order valence-electron chi connectivity index (χ0n) is 11.1. The first-order chi connectivity index (χ1) is 9.74. The van der Waals surface area contributed by atoms with Gasteiger partial charge in [0, 0.05) is 25.0 Å². The number of H-pyrrole nitrogens is 1. The number of fused-ring (bicyclic) bond motifs is 1. The standard InChI is InChI=1S/C15H14N4O/c1-19(15(20)11-6-8-16-9-7-11)10-14-17-12-4-2-3-5-13(12)18-14/h2-9H,10H2,1H3,(H,17,18). The van der Waals surface area contributed by atoms with Crippen molar-refractivity contribution in [1.82, 2.24) is 19.9 Å². The van der Waals surface area contributed by atoms with E-state index < -0.39 is 0 Å². The highest BCUT2D eigenvalue weighted by molar-refractivity contribution is 5.93. The summed E-state index contributed by atoms with van der Waals surface area (Å²) in [4.78, 5) is 25.4. The fourth-order valence-electron chi connectivity index (χ4n) is 2.09. The fraction of sp³-hybridized carbons (Fsp3) is 0.133. The van der Waals surface area contributed by atoms with E-state index in [2.05, 4.69) is 15.0 Å². The van der Waals surface area contributed by atoms with Gasteiger partial charge in [-0.3, -0.25) is 9.78 Å². The number of aromatic amines is 1. The van der Waals surface area contributed by atoms with Crippen molar-refractivity contribution in [2.45, 2.75) is 6.54 Å². The summed E-state index contributed by atoms with van der Waals surface area (Å²) in [5.74, 6) is 0.726. The molecule has 0 radical (unpaired) electrons. The Labute approximate surface area is 116 Å². The van der Waals surface area contributed by atoms with Crippen LogP contribution < -0.4 is 0 Å². The van der Waals surface area contributed by atoms with Crippen LogP contribution >= 0.6 is 0 Å². The molecule has 0 spiro atoms. The van der Waals surface area contributed by atoms with Crippen LogP contribution in [0.4, 0.5) is 0 Å². The molecule has 5 nitrogen and oxygen atoms in total. The number of rotatable bonds is 3. The number of benzene rings is 1. The maximum Gasteiger partial charge on any atom is 0.254 e. The summed E-state index contributed by atoms with van der Waals surface area (Å²) in [6.45, 7) is 0.440. The summed E-state index contributed by atoms with van der Waals surface area (Å²) in [6.07, 6.45) is 3.23. The number of pyridine rings is 1. The normalized spacial score (nSPS) is 10.7. The Morgan fingerprint density at radius 3 is 2.70 bits per heavy atom. The minimum absolute atomic E-state index is 0.0483. The summed E-state index contributed by atoms with van der Waals surface area (Å²) >= 11 is 0. The predicted octanol–water partition coefficient (Wildman–Crippen LogP) is 2.23. The van der Waals surface area contributed by atoms with Gasteiger partial charge in [0.05, 0.1) is 17.6 Å². The fourth-order valence-corrected chi connectivity index (χ4v) is 2.09. The van der Waals surface area contributed by atoms with Crippen molar-refractivity contribution >= 4 is 16.9 Å². The lowest BCUT2D eigenvalue weighted by molar-refractivity contribution is 0.0782. The minimum Gasteiger partial charge on any atom is -0.340 e. The van der Waals surface area contributed by atoms with E-state index >= 15 is 0 Å². The summed E-state index contributed by atoms with van der Waals surface area (Å²) in [5.41, 5.74) is 2.51. The smallest absolute Gasteiger partial charge is 0.254 e. The van der Waals surface area contributed by atoms with Crippen LogP contribution in [0.5, 0.6) is 0 Å². The van der Waals surface area contributed by atoms with E-state index in [-0.39, 0.29) is 5.91 Å². The van der Waals surface area contributed by atoms with Crippen molar-refractivity contribution in [2.75, 3.05) is 7.05 Å². The Kier molecular flexibility index (Phi) is 3.16. The lowest BCUT2D eigenvalue weighted by atomic mass is 10.2. The average Bonchev–Trinajstić information content (AvgIpc) is 2.89. The molecule has 0 saturated heterocycles. The number of imidazole rings is 1. The van der Waals surface area contributed by atoms with Crippen LogP contribution in [0.1, 0.15) is 16.2 Å². The minimum atomic E-state index is -0.0483. The molecule has 0 aliphatic rings. The monoisotopic (exact) mass is 266 g/mol. The molecule has 5 heteroatoms. The van der Waals surface area contributed by atoms with E-state index in [0.29, 0.717) is 12.1 Å². The molecule has 0 atom stereocenters. The van der Waals surface area contributed by atoms with Crippen LogP contribution in [0, 0.1) is 0 Å². The average molecular weight is 266 g/mol. The van der Waals surface area contributed by atoms with Gasteiger partial charge in [0.15, 0.2) is 0 Å². The predicted molar refractivity (Wildman–Crippen MR) is 76.1 cm³/mol. The van der Waals surface area contributed by atoms with Crippen LogP contribution in [0.25, 0.3) is 11.0 Å². The molecule has 1 N–H and O–H groups in total. The van der Waals surface area contributed by atoms with Gasteiger partial charge >= 0.3 is 0 Å². The van der Waals surface area contributed by atoms with Crippen molar-refractivity contribution in [1.29, 1.82) is 0 Å². The van der Waals surface area contributed by atoms with Gasteiger partial charge in [0.1, 0.15) is 5.82 Å². The molecule has 3 aromatic rings. The second-order valence-electron chi connectivity index (χ2n) is 4.60. The van der Waals surface area contributed by atoms with Crippen LogP contribution in [0.3, 0.4) is 0 Å². The molecule has 0 aliphatic heterocycles. The number of nitrogens with one attached hydrogen (secondary N) is 1. The molecule has 1 amide bonds.